The third-order valence-corrected chi connectivity index (χ3v) is 2.20. The molecule has 0 aliphatic rings. The summed E-state index contributed by atoms with van der Waals surface area (Å²) in [5, 5.41) is 0. The number of hydrogen-bond acceptors (Lipinski definition) is 5. The molecule has 0 saturated heterocycles. The van der Waals surface area contributed by atoms with Crippen molar-refractivity contribution in [2.75, 3.05) is 12.0 Å². The largest absolute Gasteiger partial charge is 0.464 e. The van der Waals surface area contributed by atoms with Crippen LogP contribution >= 0.6 is 11.6 Å². The number of hydrazine groups is 1. The van der Waals surface area contributed by atoms with Gasteiger partial charge < -0.3 is 14.9 Å². The Morgan fingerprint density at radius 2 is 2.00 bits per heavy atom. The summed E-state index contributed by atoms with van der Waals surface area (Å²) in [5.74, 6) is -0.581. The minimum atomic E-state index is -2.87. The maximum atomic E-state index is 11.9. The molecule has 0 aromatic heterocycles. The summed E-state index contributed by atoms with van der Waals surface area (Å²) in [6, 6.07) is 5.67. The molecule has 5 nitrogen and oxygen atoms in total. The van der Waals surface area contributed by atoms with Gasteiger partial charge >= 0.3 is 12.6 Å². The molecule has 1 aromatic rings. The second kappa shape index (κ2) is 7.75. The van der Waals surface area contributed by atoms with E-state index in [1.807, 2.05) is 0 Å². The SMILES string of the molecule is CCOC(=O)C(Cl)NNc1ccc(OC(F)F)cc1. The van der Waals surface area contributed by atoms with Crippen molar-refractivity contribution in [3.8, 4) is 5.75 Å². The third kappa shape index (κ3) is 5.71. The molecular formula is C11H13ClF2N2O3. The highest BCUT2D eigenvalue weighted by molar-refractivity contribution is 6.29. The number of nitrogens with one attached hydrogen (secondary N) is 2. The first kappa shape index (κ1) is 15.5. The number of esters is 1. The first-order chi connectivity index (χ1) is 9.02. The number of ether oxygens (including phenoxy) is 2. The van der Waals surface area contributed by atoms with Gasteiger partial charge in [-0.05, 0) is 31.2 Å². The highest BCUT2D eigenvalue weighted by Crippen LogP contribution is 2.17. The highest BCUT2D eigenvalue weighted by Gasteiger charge is 2.15. The van der Waals surface area contributed by atoms with Crippen molar-refractivity contribution in [1.82, 2.24) is 5.43 Å². The lowest BCUT2D eigenvalue weighted by molar-refractivity contribution is -0.143. The molecule has 1 atom stereocenters. The molecule has 0 fully saturated rings. The van der Waals surface area contributed by atoms with Crippen molar-refractivity contribution < 1.29 is 23.0 Å². The van der Waals surface area contributed by atoms with Crippen molar-refractivity contribution >= 4 is 23.3 Å². The zero-order valence-electron chi connectivity index (χ0n) is 10.0. The van der Waals surface area contributed by atoms with Crippen LogP contribution in [0.3, 0.4) is 0 Å². The number of carbonyl (C=O) groups excluding carboxylic acids is 1. The van der Waals surface area contributed by atoms with Crippen LogP contribution in [-0.4, -0.2) is 24.7 Å². The van der Waals surface area contributed by atoms with Gasteiger partial charge in [0.15, 0.2) is 5.50 Å². The molecular weight excluding hydrogens is 282 g/mol. The molecule has 1 rings (SSSR count). The molecule has 0 bridgehead atoms. The highest BCUT2D eigenvalue weighted by atomic mass is 35.5. The van der Waals surface area contributed by atoms with Crippen LogP contribution in [0.2, 0.25) is 0 Å². The van der Waals surface area contributed by atoms with E-state index in [1.165, 1.54) is 24.3 Å². The van der Waals surface area contributed by atoms with Gasteiger partial charge in [0.2, 0.25) is 0 Å². The van der Waals surface area contributed by atoms with E-state index >= 15 is 0 Å². The predicted octanol–water partition coefficient (Wildman–Crippen LogP) is 2.33. The van der Waals surface area contributed by atoms with E-state index in [2.05, 4.69) is 20.3 Å². The first-order valence-electron chi connectivity index (χ1n) is 5.40. The van der Waals surface area contributed by atoms with Gasteiger partial charge in [-0.1, -0.05) is 11.6 Å². The lowest BCUT2D eigenvalue weighted by Gasteiger charge is -2.13. The number of carbonyl (C=O) groups is 1. The van der Waals surface area contributed by atoms with Crippen LogP contribution in [0.4, 0.5) is 14.5 Å². The van der Waals surface area contributed by atoms with Crippen molar-refractivity contribution in [1.29, 1.82) is 0 Å². The lowest BCUT2D eigenvalue weighted by atomic mass is 10.3. The van der Waals surface area contributed by atoms with E-state index in [0.717, 1.165) is 0 Å². The van der Waals surface area contributed by atoms with Crippen LogP contribution in [0.5, 0.6) is 5.75 Å². The number of alkyl halides is 3. The normalized spacial score (nSPS) is 12.1. The fraction of sp³-hybridized carbons (Fsp3) is 0.364. The molecule has 0 radical (unpaired) electrons. The van der Waals surface area contributed by atoms with Crippen LogP contribution in [0.15, 0.2) is 24.3 Å². The van der Waals surface area contributed by atoms with E-state index < -0.39 is 18.1 Å². The molecule has 2 N–H and O–H groups in total. The van der Waals surface area contributed by atoms with Crippen LogP contribution in [-0.2, 0) is 9.53 Å². The summed E-state index contributed by atoms with van der Waals surface area (Å²) in [4.78, 5) is 11.2. The molecule has 8 heteroatoms. The van der Waals surface area contributed by atoms with E-state index in [-0.39, 0.29) is 12.4 Å². The molecule has 0 amide bonds. The molecule has 0 saturated carbocycles. The molecule has 0 aliphatic heterocycles. The summed E-state index contributed by atoms with van der Waals surface area (Å²) >= 11 is 5.69. The van der Waals surface area contributed by atoms with Crippen molar-refractivity contribution in [2.24, 2.45) is 0 Å². The fourth-order valence-electron chi connectivity index (χ4n) is 1.14. The number of hydrogen-bond donors (Lipinski definition) is 2. The van der Waals surface area contributed by atoms with Crippen LogP contribution < -0.4 is 15.6 Å². The minimum Gasteiger partial charge on any atom is -0.464 e. The van der Waals surface area contributed by atoms with E-state index in [1.54, 1.807) is 6.92 Å². The van der Waals surface area contributed by atoms with E-state index in [0.29, 0.717) is 5.69 Å². The van der Waals surface area contributed by atoms with E-state index in [4.69, 9.17) is 11.6 Å². The Hall–Kier alpha value is -1.60. The Kier molecular flexibility index (Phi) is 6.31. The number of rotatable bonds is 7. The third-order valence-electron chi connectivity index (χ3n) is 1.92. The first-order valence-corrected chi connectivity index (χ1v) is 5.83. The summed E-state index contributed by atoms with van der Waals surface area (Å²) in [7, 11) is 0. The van der Waals surface area contributed by atoms with Gasteiger partial charge in [-0.25, -0.2) is 10.2 Å². The van der Waals surface area contributed by atoms with Gasteiger partial charge in [-0.2, -0.15) is 8.78 Å². The summed E-state index contributed by atoms with van der Waals surface area (Å²) in [6.07, 6.45) is 0. The number of anilines is 1. The second-order valence-electron chi connectivity index (χ2n) is 3.29. The lowest BCUT2D eigenvalue weighted by Crippen LogP contribution is -2.37. The average molecular weight is 295 g/mol. The number of halogens is 3. The Labute approximate surface area is 113 Å². The summed E-state index contributed by atoms with van der Waals surface area (Å²) < 4.78 is 32.7. The van der Waals surface area contributed by atoms with Gasteiger partial charge in [0.25, 0.3) is 0 Å². The van der Waals surface area contributed by atoms with Gasteiger partial charge in [-0.15, -0.1) is 0 Å². The van der Waals surface area contributed by atoms with E-state index in [9.17, 15) is 13.6 Å². The standard InChI is InChI=1S/C11H13ClF2N2O3/c1-2-18-10(17)9(12)16-15-7-3-5-8(6-4-7)19-11(13)14/h3-6,9,11,15-16H,2H2,1H3. The molecule has 106 valence electrons. The molecule has 1 unspecified atom stereocenters. The molecule has 0 heterocycles. The number of benzene rings is 1. The van der Waals surface area contributed by atoms with Crippen LogP contribution in [0.1, 0.15) is 6.92 Å². The molecule has 19 heavy (non-hydrogen) atoms. The Morgan fingerprint density at radius 1 is 1.37 bits per heavy atom. The molecule has 1 aromatic carbocycles. The Bertz CT molecular complexity index is 403. The zero-order valence-corrected chi connectivity index (χ0v) is 10.8. The van der Waals surface area contributed by atoms with Crippen molar-refractivity contribution in [2.45, 2.75) is 19.0 Å². The molecule has 0 spiro atoms. The Balaban J connectivity index is 2.43. The van der Waals surface area contributed by atoms with Gasteiger partial charge in [0, 0.05) is 5.69 Å². The monoisotopic (exact) mass is 294 g/mol. The minimum absolute atomic E-state index is 0.0355. The van der Waals surface area contributed by atoms with Crippen molar-refractivity contribution in [3.05, 3.63) is 24.3 Å². The van der Waals surface area contributed by atoms with Gasteiger partial charge in [0.05, 0.1) is 6.61 Å². The van der Waals surface area contributed by atoms with Gasteiger partial charge in [0.1, 0.15) is 5.75 Å². The van der Waals surface area contributed by atoms with Crippen LogP contribution in [0, 0.1) is 0 Å². The zero-order chi connectivity index (χ0) is 14.3. The van der Waals surface area contributed by atoms with Gasteiger partial charge in [-0.3, -0.25) is 0 Å². The maximum Gasteiger partial charge on any atom is 0.387 e. The second-order valence-corrected chi connectivity index (χ2v) is 3.72. The Morgan fingerprint density at radius 3 is 2.53 bits per heavy atom. The fourth-order valence-corrected chi connectivity index (χ4v) is 1.26. The topological polar surface area (TPSA) is 59.6 Å². The predicted molar refractivity (Wildman–Crippen MR) is 66.1 cm³/mol. The summed E-state index contributed by atoms with van der Waals surface area (Å²) in [5.41, 5.74) is 4.60. The van der Waals surface area contributed by atoms with Crippen molar-refractivity contribution in [3.63, 3.8) is 0 Å². The quantitative estimate of drug-likeness (QED) is 0.350. The smallest absolute Gasteiger partial charge is 0.387 e. The van der Waals surface area contributed by atoms with Crippen LogP contribution in [0.25, 0.3) is 0 Å². The molecule has 0 aliphatic carbocycles. The summed E-state index contributed by atoms with van der Waals surface area (Å²) in [6.45, 7) is -0.979. The average Bonchev–Trinajstić information content (AvgIpc) is 2.37. The maximum absolute atomic E-state index is 11.9.